The number of hydrogen-bond acceptors (Lipinski definition) is 9. The number of aliphatic imine (C=N–C) groups is 1. The third-order valence-electron chi connectivity index (χ3n) is 3.87. The SMILES string of the molecule is NC(=CC(=NCc1ccccc1F)c1ccon1)c1ncc(NCCO)c(N)n1. The molecule has 0 fully saturated rings. The van der Waals surface area contributed by atoms with Gasteiger partial charge in [-0.2, -0.15) is 0 Å². The lowest BCUT2D eigenvalue weighted by molar-refractivity contribution is 0.311. The molecule has 0 saturated heterocycles. The average molecular weight is 397 g/mol. The molecule has 2 aromatic heterocycles. The van der Waals surface area contributed by atoms with E-state index >= 15 is 0 Å². The number of benzene rings is 1. The van der Waals surface area contributed by atoms with Gasteiger partial charge in [-0.25, -0.2) is 14.4 Å². The quantitative estimate of drug-likeness (QED) is 0.419. The fourth-order valence-corrected chi connectivity index (χ4v) is 2.41. The zero-order valence-electron chi connectivity index (χ0n) is 15.4. The third kappa shape index (κ3) is 5.14. The highest BCUT2D eigenvalue weighted by Crippen LogP contribution is 2.17. The number of aliphatic hydroxyl groups excluding tert-OH is 1. The first-order valence-corrected chi connectivity index (χ1v) is 8.72. The largest absolute Gasteiger partial charge is 0.396 e. The number of halogens is 1. The molecule has 3 rings (SSSR count). The summed E-state index contributed by atoms with van der Waals surface area (Å²) in [5, 5.41) is 15.6. The van der Waals surface area contributed by atoms with E-state index < -0.39 is 0 Å². The molecule has 9 nitrogen and oxygen atoms in total. The maximum atomic E-state index is 13.9. The van der Waals surface area contributed by atoms with E-state index in [1.165, 1.54) is 24.6 Å². The van der Waals surface area contributed by atoms with Crippen molar-refractivity contribution in [2.75, 3.05) is 24.2 Å². The first-order valence-electron chi connectivity index (χ1n) is 8.72. The number of anilines is 2. The van der Waals surface area contributed by atoms with Crippen LogP contribution in [0.5, 0.6) is 0 Å². The van der Waals surface area contributed by atoms with Gasteiger partial charge in [0.25, 0.3) is 0 Å². The summed E-state index contributed by atoms with van der Waals surface area (Å²) in [6.07, 6.45) is 4.39. The molecule has 29 heavy (non-hydrogen) atoms. The van der Waals surface area contributed by atoms with Crippen molar-refractivity contribution >= 4 is 22.9 Å². The first kappa shape index (κ1) is 20.0. The molecule has 0 unspecified atom stereocenters. The van der Waals surface area contributed by atoms with Crippen LogP contribution in [0.2, 0.25) is 0 Å². The van der Waals surface area contributed by atoms with E-state index in [9.17, 15) is 4.39 Å². The van der Waals surface area contributed by atoms with Gasteiger partial charge in [-0.05, 0) is 12.1 Å². The standard InChI is InChI=1S/C19H20FN7O2/c20-13-4-2-1-3-12(13)10-24-16(15-5-8-29-27-15)9-14(21)19-25-11-17(18(22)26-19)23-6-7-28/h1-5,8-9,11,23,28H,6-7,10,21H2,(H2,22,25,26). The van der Waals surface area contributed by atoms with Crippen molar-refractivity contribution in [3.05, 3.63) is 71.8 Å². The Morgan fingerprint density at radius 3 is 2.83 bits per heavy atom. The van der Waals surface area contributed by atoms with Gasteiger partial charge in [0.1, 0.15) is 17.8 Å². The van der Waals surface area contributed by atoms with E-state index in [1.807, 2.05) is 0 Å². The molecule has 0 atom stereocenters. The predicted octanol–water partition coefficient (Wildman–Crippen LogP) is 1.58. The zero-order chi connectivity index (χ0) is 20.6. The summed E-state index contributed by atoms with van der Waals surface area (Å²) in [7, 11) is 0. The number of nitrogens with two attached hydrogens (primary N) is 2. The highest BCUT2D eigenvalue weighted by Gasteiger charge is 2.11. The van der Waals surface area contributed by atoms with Gasteiger partial charge in [0.15, 0.2) is 11.6 Å². The van der Waals surface area contributed by atoms with Crippen LogP contribution in [0.25, 0.3) is 5.70 Å². The van der Waals surface area contributed by atoms with E-state index in [0.717, 1.165) is 0 Å². The van der Waals surface area contributed by atoms with Crippen molar-refractivity contribution in [3.8, 4) is 0 Å². The van der Waals surface area contributed by atoms with Crippen molar-refractivity contribution in [1.82, 2.24) is 15.1 Å². The second kappa shape index (κ2) is 9.42. The molecule has 150 valence electrons. The minimum atomic E-state index is -0.352. The summed E-state index contributed by atoms with van der Waals surface area (Å²) in [5.41, 5.74) is 13.9. The van der Waals surface area contributed by atoms with E-state index in [4.69, 9.17) is 21.1 Å². The number of aliphatic hydroxyl groups is 1. The predicted molar refractivity (Wildman–Crippen MR) is 107 cm³/mol. The molecule has 0 bridgehead atoms. The van der Waals surface area contributed by atoms with Gasteiger partial charge >= 0.3 is 0 Å². The first-order chi connectivity index (χ1) is 14.1. The minimum Gasteiger partial charge on any atom is -0.396 e. The Labute approximate surface area is 166 Å². The van der Waals surface area contributed by atoms with Crippen molar-refractivity contribution in [1.29, 1.82) is 0 Å². The number of nitrogens with zero attached hydrogens (tertiary/aromatic N) is 4. The molecule has 0 radical (unpaired) electrons. The lowest BCUT2D eigenvalue weighted by Gasteiger charge is -2.08. The van der Waals surface area contributed by atoms with Gasteiger partial charge in [0.05, 0.1) is 36.4 Å². The second-order valence-electron chi connectivity index (χ2n) is 5.92. The zero-order valence-corrected chi connectivity index (χ0v) is 15.4. The molecule has 0 spiro atoms. The summed E-state index contributed by atoms with van der Waals surface area (Å²) < 4.78 is 18.8. The van der Waals surface area contributed by atoms with Crippen LogP contribution in [-0.2, 0) is 6.54 Å². The Balaban J connectivity index is 1.88. The average Bonchev–Trinajstić information content (AvgIpc) is 3.26. The monoisotopic (exact) mass is 397 g/mol. The summed E-state index contributed by atoms with van der Waals surface area (Å²) in [6, 6.07) is 7.97. The smallest absolute Gasteiger partial charge is 0.177 e. The molecule has 6 N–H and O–H groups in total. The Hall–Kier alpha value is -3.79. The minimum absolute atomic E-state index is 0.0528. The topological polar surface area (TPSA) is 148 Å². The van der Waals surface area contributed by atoms with Crippen LogP contribution < -0.4 is 16.8 Å². The number of nitrogens with one attached hydrogen (secondary N) is 1. The molecule has 10 heteroatoms. The van der Waals surface area contributed by atoms with Gasteiger partial charge in [0, 0.05) is 18.2 Å². The van der Waals surface area contributed by atoms with Crippen LogP contribution in [0.1, 0.15) is 17.1 Å². The van der Waals surface area contributed by atoms with E-state index in [2.05, 4.69) is 25.4 Å². The molecular weight excluding hydrogens is 377 g/mol. The molecule has 3 aromatic rings. The lowest BCUT2D eigenvalue weighted by atomic mass is 10.2. The van der Waals surface area contributed by atoms with Crippen LogP contribution in [0.3, 0.4) is 0 Å². The summed E-state index contributed by atoms with van der Waals surface area (Å²) in [5.74, 6) is 0.0278. The molecule has 0 aliphatic rings. The van der Waals surface area contributed by atoms with Crippen LogP contribution in [0, 0.1) is 5.82 Å². The molecule has 0 saturated carbocycles. The Morgan fingerprint density at radius 1 is 1.31 bits per heavy atom. The van der Waals surface area contributed by atoms with Crippen LogP contribution >= 0.6 is 0 Å². The van der Waals surface area contributed by atoms with Crippen molar-refractivity contribution in [2.24, 2.45) is 10.7 Å². The van der Waals surface area contributed by atoms with Crippen LogP contribution in [-0.4, -0.2) is 39.1 Å². The van der Waals surface area contributed by atoms with Crippen molar-refractivity contribution < 1.29 is 14.0 Å². The summed E-state index contributed by atoms with van der Waals surface area (Å²) in [4.78, 5) is 12.7. The van der Waals surface area contributed by atoms with Gasteiger partial charge in [-0.3, -0.25) is 4.99 Å². The molecule has 2 heterocycles. The lowest BCUT2D eigenvalue weighted by Crippen LogP contribution is -2.12. The van der Waals surface area contributed by atoms with E-state index in [1.54, 1.807) is 24.3 Å². The van der Waals surface area contributed by atoms with Crippen LogP contribution in [0.15, 0.2) is 58.4 Å². The Bertz CT molecular complexity index is 1020. The molecule has 0 amide bonds. The van der Waals surface area contributed by atoms with Gasteiger partial charge in [-0.1, -0.05) is 23.4 Å². The fourth-order valence-electron chi connectivity index (χ4n) is 2.41. The Kier molecular flexibility index (Phi) is 6.48. The number of aromatic nitrogens is 3. The molecular formula is C19H20FN7O2. The number of nitrogen functional groups attached to an aromatic ring is 1. The normalized spacial score (nSPS) is 12.2. The number of allylic oxidation sites excluding steroid dienone is 1. The molecule has 1 aromatic carbocycles. The summed E-state index contributed by atoms with van der Waals surface area (Å²) in [6.45, 7) is 0.353. The molecule has 0 aliphatic carbocycles. The number of hydrogen-bond donors (Lipinski definition) is 4. The van der Waals surface area contributed by atoms with E-state index in [0.29, 0.717) is 29.2 Å². The van der Waals surface area contributed by atoms with Crippen molar-refractivity contribution in [3.63, 3.8) is 0 Å². The summed E-state index contributed by atoms with van der Waals surface area (Å²) >= 11 is 0. The van der Waals surface area contributed by atoms with Gasteiger partial charge < -0.3 is 26.4 Å². The maximum absolute atomic E-state index is 13.9. The van der Waals surface area contributed by atoms with Crippen molar-refractivity contribution in [2.45, 2.75) is 6.54 Å². The van der Waals surface area contributed by atoms with Gasteiger partial charge in [0.2, 0.25) is 0 Å². The third-order valence-corrected chi connectivity index (χ3v) is 3.87. The highest BCUT2D eigenvalue weighted by molar-refractivity contribution is 6.10. The maximum Gasteiger partial charge on any atom is 0.177 e. The fraction of sp³-hybridized carbons (Fsp3) is 0.158. The number of rotatable bonds is 8. The molecule has 0 aliphatic heterocycles. The van der Waals surface area contributed by atoms with Crippen LogP contribution in [0.4, 0.5) is 15.9 Å². The highest BCUT2D eigenvalue weighted by atomic mass is 19.1. The van der Waals surface area contributed by atoms with Gasteiger partial charge in [-0.15, -0.1) is 0 Å². The Morgan fingerprint density at radius 2 is 2.14 bits per heavy atom. The van der Waals surface area contributed by atoms with E-state index in [-0.39, 0.29) is 36.3 Å². The second-order valence-corrected chi connectivity index (χ2v) is 5.92.